The number of hydrogen-bond donors (Lipinski definition) is 0. The van der Waals surface area contributed by atoms with Gasteiger partial charge in [0.25, 0.3) is 5.65 Å². The van der Waals surface area contributed by atoms with Crippen molar-refractivity contribution in [1.82, 2.24) is 14.5 Å². The summed E-state index contributed by atoms with van der Waals surface area (Å²) < 4.78 is 35.4. The molecule has 4 rings (SSSR count). The highest BCUT2D eigenvalue weighted by molar-refractivity contribution is 7.85. The molecule has 2 aromatic carbocycles. The number of halogens is 1. The highest BCUT2D eigenvalue weighted by Gasteiger charge is 2.23. The number of benzene rings is 2. The molecule has 9 heteroatoms. The van der Waals surface area contributed by atoms with Gasteiger partial charge < -0.3 is 4.55 Å². The van der Waals surface area contributed by atoms with Gasteiger partial charge in [0, 0.05) is 11.9 Å². The van der Waals surface area contributed by atoms with Crippen LogP contribution in [0.15, 0.2) is 72.7 Å². The molecule has 0 atom stereocenters. The normalized spacial score (nSPS) is 11.2. The third kappa shape index (κ3) is 5.04. The molecule has 0 unspecified atom stereocenters. The van der Waals surface area contributed by atoms with Crippen LogP contribution in [-0.4, -0.2) is 27.5 Å². The van der Waals surface area contributed by atoms with Gasteiger partial charge in [0.05, 0.1) is 18.0 Å². The third-order valence-electron chi connectivity index (χ3n) is 4.82. The Morgan fingerprint density at radius 1 is 1.06 bits per heavy atom. The molecule has 7 nitrogen and oxygen atoms in total. The van der Waals surface area contributed by atoms with Crippen LogP contribution in [0.5, 0.6) is 0 Å². The number of aryl methyl sites for hydroxylation is 1. The predicted molar refractivity (Wildman–Crippen MR) is 125 cm³/mol. The summed E-state index contributed by atoms with van der Waals surface area (Å²) in [5.74, 6) is 1.08. The maximum absolute atomic E-state index is 10.4. The van der Waals surface area contributed by atoms with Crippen LogP contribution in [0.1, 0.15) is 11.4 Å². The summed E-state index contributed by atoms with van der Waals surface area (Å²) in [5, 5.41) is 0.661. The van der Waals surface area contributed by atoms with Gasteiger partial charge in [0.2, 0.25) is 5.82 Å². The number of imidazole rings is 1. The van der Waals surface area contributed by atoms with E-state index >= 15 is 0 Å². The van der Waals surface area contributed by atoms with E-state index in [1.54, 1.807) is 12.1 Å². The van der Waals surface area contributed by atoms with E-state index in [4.69, 9.17) is 21.6 Å². The quantitative estimate of drug-likeness (QED) is 0.249. The topological polar surface area (TPSA) is 91.8 Å². The lowest BCUT2D eigenvalue weighted by Gasteiger charge is -2.05. The predicted octanol–water partition coefficient (Wildman–Crippen LogP) is 4.10. The van der Waals surface area contributed by atoms with E-state index in [2.05, 4.69) is 22.3 Å². The molecule has 4 aromatic rings. The van der Waals surface area contributed by atoms with Crippen LogP contribution >= 0.6 is 11.6 Å². The summed E-state index contributed by atoms with van der Waals surface area (Å²) in [6, 6.07) is 11.3. The zero-order valence-electron chi connectivity index (χ0n) is 17.8. The molecule has 0 amide bonds. The van der Waals surface area contributed by atoms with Crippen LogP contribution in [0.25, 0.3) is 22.3 Å². The molecule has 32 heavy (non-hydrogen) atoms. The summed E-state index contributed by atoms with van der Waals surface area (Å²) in [6.07, 6.45) is 3.72. The Labute approximate surface area is 192 Å². The van der Waals surface area contributed by atoms with Gasteiger partial charge in [-0.2, -0.15) is 0 Å². The Kier molecular flexibility index (Phi) is 7.08. The standard InChI is InChI=1S/C16H16ClN4.C7H8O3S/c1-4-8-20-11(3)21(9-5-2)16-15(20)18-13-7-6-12(17)10-14(13)19-16;1-6-2-4-7(5-3-6)11(8,9)10/h4-7,10H,1-2,8-9H2,3H3;2-5H,1H3,(H,8,9,10)/q+1;/p-1. The molecule has 2 aromatic heterocycles. The molecule has 166 valence electrons. The second-order valence-corrected chi connectivity index (χ2v) is 8.93. The van der Waals surface area contributed by atoms with Gasteiger partial charge in [-0.15, -0.1) is 0 Å². The van der Waals surface area contributed by atoms with Gasteiger partial charge in [-0.05, 0) is 37.3 Å². The first-order valence-electron chi connectivity index (χ1n) is 9.76. The van der Waals surface area contributed by atoms with Gasteiger partial charge in [0.1, 0.15) is 15.6 Å². The minimum atomic E-state index is -4.27. The first-order valence-corrected chi connectivity index (χ1v) is 11.5. The Bertz CT molecular complexity index is 1410. The first-order chi connectivity index (χ1) is 15.2. The van der Waals surface area contributed by atoms with Crippen LogP contribution < -0.4 is 4.57 Å². The van der Waals surface area contributed by atoms with E-state index in [-0.39, 0.29) is 4.90 Å². The average Bonchev–Trinajstić information content (AvgIpc) is 2.98. The van der Waals surface area contributed by atoms with Gasteiger partial charge in [0.15, 0.2) is 5.52 Å². The fourth-order valence-corrected chi connectivity index (χ4v) is 3.86. The molecule has 0 radical (unpaired) electrons. The summed E-state index contributed by atoms with van der Waals surface area (Å²) in [7, 11) is -4.27. The van der Waals surface area contributed by atoms with Gasteiger partial charge >= 0.3 is 5.65 Å². The minimum Gasteiger partial charge on any atom is -0.744 e. The van der Waals surface area contributed by atoms with E-state index in [1.165, 1.54) is 12.1 Å². The van der Waals surface area contributed by atoms with Crippen LogP contribution in [0.2, 0.25) is 5.02 Å². The second kappa shape index (κ2) is 9.60. The SMILES string of the molecule is C=CCn1c(C)[n+](CC=C)c2nc3ccc(Cl)cc3nc21.Cc1ccc(S(=O)(=O)[O-])cc1. The molecule has 2 heterocycles. The number of allylic oxidation sites excluding steroid dienone is 2. The van der Waals surface area contributed by atoms with Crippen molar-refractivity contribution in [2.45, 2.75) is 31.8 Å². The fraction of sp³-hybridized carbons (Fsp3) is 0.174. The average molecular weight is 471 g/mol. The third-order valence-corrected chi connectivity index (χ3v) is 5.90. The molecule has 0 saturated heterocycles. The highest BCUT2D eigenvalue weighted by Crippen LogP contribution is 2.20. The second-order valence-electron chi connectivity index (χ2n) is 7.12. The number of aromatic nitrogens is 4. The number of hydrogen-bond acceptors (Lipinski definition) is 5. The Morgan fingerprint density at radius 3 is 2.34 bits per heavy atom. The van der Waals surface area contributed by atoms with E-state index in [1.807, 2.05) is 44.2 Å². The first kappa shape index (κ1) is 23.6. The van der Waals surface area contributed by atoms with Gasteiger partial charge in [-0.25, -0.2) is 22.5 Å². The maximum atomic E-state index is 10.4. The lowest BCUT2D eigenvalue weighted by molar-refractivity contribution is -0.669. The van der Waals surface area contributed by atoms with Crippen molar-refractivity contribution < 1.29 is 17.5 Å². The lowest BCUT2D eigenvalue weighted by Crippen LogP contribution is -2.36. The molecule has 0 bridgehead atoms. The Morgan fingerprint density at radius 2 is 1.75 bits per heavy atom. The summed E-state index contributed by atoms with van der Waals surface area (Å²) in [4.78, 5) is 9.30. The van der Waals surface area contributed by atoms with Crippen molar-refractivity contribution in [1.29, 1.82) is 0 Å². The van der Waals surface area contributed by atoms with Crippen molar-refractivity contribution in [2.75, 3.05) is 0 Å². The van der Waals surface area contributed by atoms with E-state index < -0.39 is 10.1 Å². The van der Waals surface area contributed by atoms with E-state index in [9.17, 15) is 13.0 Å². The smallest absolute Gasteiger partial charge is 0.323 e. The maximum Gasteiger partial charge on any atom is 0.323 e. The molecule has 0 aliphatic carbocycles. The summed E-state index contributed by atoms with van der Waals surface area (Å²) in [6.45, 7) is 12.9. The molecular weight excluding hydrogens is 448 g/mol. The Hall–Kier alpha value is -3.07. The number of nitrogens with zero attached hydrogens (tertiary/aromatic N) is 4. The number of fused-ring (bicyclic) bond motifs is 2. The van der Waals surface area contributed by atoms with Crippen LogP contribution in [-0.2, 0) is 23.2 Å². The highest BCUT2D eigenvalue weighted by atomic mass is 35.5. The van der Waals surface area contributed by atoms with Gasteiger partial charge in [-0.3, -0.25) is 0 Å². The molecule has 0 saturated carbocycles. The minimum absolute atomic E-state index is 0.178. The fourth-order valence-electron chi connectivity index (χ4n) is 3.22. The van der Waals surface area contributed by atoms with Crippen LogP contribution in [0.3, 0.4) is 0 Å². The molecular formula is C23H23ClN4O3S. The molecule has 0 fully saturated rings. The van der Waals surface area contributed by atoms with Crippen molar-refractivity contribution in [3.8, 4) is 0 Å². The largest absolute Gasteiger partial charge is 0.744 e. The van der Waals surface area contributed by atoms with Gasteiger partial charge in [-0.1, -0.05) is 59.6 Å². The molecule has 0 aliphatic rings. The number of rotatable bonds is 5. The Balaban J connectivity index is 0.000000222. The zero-order valence-corrected chi connectivity index (χ0v) is 19.4. The monoisotopic (exact) mass is 470 g/mol. The van der Waals surface area contributed by atoms with E-state index in [0.29, 0.717) is 18.1 Å². The summed E-state index contributed by atoms with van der Waals surface area (Å²) >= 11 is 6.05. The molecule has 0 spiro atoms. The summed E-state index contributed by atoms with van der Waals surface area (Å²) in [5.41, 5.74) is 4.24. The van der Waals surface area contributed by atoms with Crippen molar-refractivity contribution in [2.24, 2.45) is 0 Å². The molecule has 0 aliphatic heterocycles. The van der Waals surface area contributed by atoms with Crippen molar-refractivity contribution >= 4 is 44.0 Å². The molecule has 0 N–H and O–H groups in total. The van der Waals surface area contributed by atoms with E-state index in [0.717, 1.165) is 33.7 Å². The van der Waals surface area contributed by atoms with Crippen LogP contribution in [0, 0.1) is 13.8 Å². The lowest BCUT2D eigenvalue weighted by atomic mass is 10.2. The van der Waals surface area contributed by atoms with Crippen molar-refractivity contribution in [3.05, 3.63) is 84.2 Å². The zero-order chi connectivity index (χ0) is 23.5. The van der Waals surface area contributed by atoms with Crippen molar-refractivity contribution in [3.63, 3.8) is 0 Å². The van der Waals surface area contributed by atoms with Crippen LogP contribution in [0.4, 0.5) is 0 Å².